The summed E-state index contributed by atoms with van der Waals surface area (Å²) in [5.41, 5.74) is 0.489. The summed E-state index contributed by atoms with van der Waals surface area (Å²) >= 11 is 0. The van der Waals surface area contributed by atoms with Gasteiger partial charge in [-0.15, -0.1) is 0 Å². The Morgan fingerprint density at radius 2 is 2.17 bits per heavy atom. The lowest BCUT2D eigenvalue weighted by Gasteiger charge is -2.08. The summed E-state index contributed by atoms with van der Waals surface area (Å²) in [5.74, 6) is -0.257. The van der Waals surface area contributed by atoms with E-state index >= 15 is 0 Å². The molecule has 0 saturated carbocycles. The SMILES string of the molecule is CCn1cc(NC(=O)COCCOC)ccc1=O. The lowest BCUT2D eigenvalue weighted by atomic mass is 10.4. The highest BCUT2D eigenvalue weighted by molar-refractivity contribution is 5.91. The van der Waals surface area contributed by atoms with Crippen LogP contribution in [0.4, 0.5) is 5.69 Å². The van der Waals surface area contributed by atoms with E-state index in [1.54, 1.807) is 19.4 Å². The van der Waals surface area contributed by atoms with Gasteiger partial charge in [0.25, 0.3) is 5.56 Å². The minimum absolute atomic E-state index is 0.0331. The second-order valence-electron chi connectivity index (χ2n) is 3.64. The van der Waals surface area contributed by atoms with Gasteiger partial charge in [-0.25, -0.2) is 0 Å². The molecule has 1 heterocycles. The molecular formula is C12H18N2O4. The van der Waals surface area contributed by atoms with E-state index in [0.717, 1.165) is 0 Å². The number of hydrogen-bond acceptors (Lipinski definition) is 4. The molecule has 100 valence electrons. The van der Waals surface area contributed by atoms with Crippen molar-refractivity contribution in [3.8, 4) is 0 Å². The maximum atomic E-state index is 11.5. The first-order chi connectivity index (χ1) is 8.67. The van der Waals surface area contributed by atoms with Gasteiger partial charge in [-0.05, 0) is 13.0 Å². The summed E-state index contributed by atoms with van der Waals surface area (Å²) in [4.78, 5) is 22.8. The van der Waals surface area contributed by atoms with Crippen LogP contribution in [-0.2, 0) is 20.8 Å². The van der Waals surface area contributed by atoms with Gasteiger partial charge < -0.3 is 19.4 Å². The van der Waals surface area contributed by atoms with Crippen molar-refractivity contribution < 1.29 is 14.3 Å². The molecule has 18 heavy (non-hydrogen) atoms. The number of nitrogens with one attached hydrogen (secondary N) is 1. The molecule has 0 aliphatic carbocycles. The van der Waals surface area contributed by atoms with Crippen LogP contribution in [0.5, 0.6) is 0 Å². The average Bonchev–Trinajstić information content (AvgIpc) is 2.37. The maximum Gasteiger partial charge on any atom is 0.250 e. The van der Waals surface area contributed by atoms with Crippen LogP contribution in [0.15, 0.2) is 23.1 Å². The molecule has 0 spiro atoms. The number of carbonyl (C=O) groups is 1. The van der Waals surface area contributed by atoms with E-state index in [1.165, 1.54) is 10.6 Å². The van der Waals surface area contributed by atoms with E-state index in [-0.39, 0.29) is 18.1 Å². The lowest BCUT2D eigenvalue weighted by molar-refractivity contribution is -0.121. The van der Waals surface area contributed by atoms with Crippen molar-refractivity contribution in [1.29, 1.82) is 0 Å². The Morgan fingerprint density at radius 3 is 2.83 bits per heavy atom. The lowest BCUT2D eigenvalue weighted by Crippen LogP contribution is -2.22. The molecule has 0 radical (unpaired) electrons. The molecule has 1 rings (SSSR count). The van der Waals surface area contributed by atoms with Crippen LogP contribution in [0.3, 0.4) is 0 Å². The molecule has 0 fully saturated rings. The molecule has 0 saturated heterocycles. The molecule has 1 amide bonds. The normalized spacial score (nSPS) is 10.3. The molecule has 0 aliphatic rings. The minimum Gasteiger partial charge on any atom is -0.382 e. The second kappa shape index (κ2) is 7.62. The summed E-state index contributed by atoms with van der Waals surface area (Å²) in [7, 11) is 1.57. The number of methoxy groups -OCH3 is 1. The highest BCUT2D eigenvalue weighted by Gasteiger charge is 2.03. The minimum atomic E-state index is -0.257. The van der Waals surface area contributed by atoms with Crippen LogP contribution < -0.4 is 10.9 Å². The quantitative estimate of drug-likeness (QED) is 0.718. The molecule has 0 atom stereocenters. The topological polar surface area (TPSA) is 69.6 Å². The number of anilines is 1. The van der Waals surface area contributed by atoms with Crippen molar-refractivity contribution in [2.75, 3.05) is 32.2 Å². The first kappa shape index (κ1) is 14.4. The van der Waals surface area contributed by atoms with Crippen LogP contribution in [0, 0.1) is 0 Å². The zero-order valence-electron chi connectivity index (χ0n) is 10.6. The van der Waals surface area contributed by atoms with Gasteiger partial charge in [0.05, 0.1) is 18.9 Å². The summed E-state index contributed by atoms with van der Waals surface area (Å²) in [6.45, 7) is 3.22. The molecule has 0 aliphatic heterocycles. The van der Waals surface area contributed by atoms with Gasteiger partial charge >= 0.3 is 0 Å². The number of nitrogens with zero attached hydrogens (tertiary/aromatic N) is 1. The number of aryl methyl sites for hydroxylation is 1. The van der Waals surface area contributed by atoms with E-state index < -0.39 is 0 Å². The monoisotopic (exact) mass is 254 g/mol. The molecule has 6 nitrogen and oxygen atoms in total. The Bertz CT molecular complexity index is 442. The number of ether oxygens (including phenoxy) is 2. The smallest absolute Gasteiger partial charge is 0.250 e. The van der Waals surface area contributed by atoms with Crippen LogP contribution in [0.1, 0.15) is 6.92 Å². The fraction of sp³-hybridized carbons (Fsp3) is 0.500. The van der Waals surface area contributed by atoms with Crippen LogP contribution in [0.2, 0.25) is 0 Å². The van der Waals surface area contributed by atoms with Gasteiger partial charge in [0.15, 0.2) is 0 Å². The average molecular weight is 254 g/mol. The van der Waals surface area contributed by atoms with Crippen LogP contribution in [0.25, 0.3) is 0 Å². The second-order valence-corrected chi connectivity index (χ2v) is 3.64. The third kappa shape index (κ3) is 4.68. The number of hydrogen-bond donors (Lipinski definition) is 1. The van der Waals surface area contributed by atoms with Crippen molar-refractivity contribution in [2.24, 2.45) is 0 Å². The van der Waals surface area contributed by atoms with Crippen molar-refractivity contribution in [2.45, 2.75) is 13.5 Å². The van der Waals surface area contributed by atoms with Crippen LogP contribution in [-0.4, -0.2) is 37.4 Å². The first-order valence-electron chi connectivity index (χ1n) is 5.74. The molecule has 1 aromatic heterocycles. The van der Waals surface area contributed by atoms with E-state index in [9.17, 15) is 9.59 Å². The van der Waals surface area contributed by atoms with Gasteiger partial charge in [-0.3, -0.25) is 9.59 Å². The van der Waals surface area contributed by atoms with E-state index in [0.29, 0.717) is 25.4 Å². The molecular weight excluding hydrogens is 236 g/mol. The Kier molecular flexibility index (Phi) is 6.10. The Labute approximate surface area is 106 Å². The van der Waals surface area contributed by atoms with Crippen molar-refractivity contribution in [3.05, 3.63) is 28.7 Å². The Morgan fingerprint density at radius 1 is 1.39 bits per heavy atom. The fourth-order valence-corrected chi connectivity index (χ4v) is 1.36. The van der Waals surface area contributed by atoms with Crippen molar-refractivity contribution >= 4 is 11.6 Å². The molecule has 1 aromatic rings. The van der Waals surface area contributed by atoms with E-state index in [2.05, 4.69) is 5.32 Å². The largest absolute Gasteiger partial charge is 0.382 e. The predicted octanol–water partition coefficient (Wildman–Crippen LogP) is 0.470. The highest BCUT2D eigenvalue weighted by Crippen LogP contribution is 2.02. The Hall–Kier alpha value is -1.66. The fourth-order valence-electron chi connectivity index (χ4n) is 1.36. The molecule has 0 unspecified atom stereocenters. The molecule has 6 heteroatoms. The van der Waals surface area contributed by atoms with Gasteiger partial charge in [0.1, 0.15) is 6.61 Å². The predicted molar refractivity (Wildman–Crippen MR) is 67.7 cm³/mol. The summed E-state index contributed by atoms with van der Waals surface area (Å²) in [6, 6.07) is 2.99. The summed E-state index contributed by atoms with van der Waals surface area (Å²) in [5, 5.41) is 2.66. The third-order valence-corrected chi connectivity index (χ3v) is 2.27. The summed E-state index contributed by atoms with van der Waals surface area (Å²) < 4.78 is 11.4. The van der Waals surface area contributed by atoms with E-state index in [1.807, 2.05) is 6.92 Å². The third-order valence-electron chi connectivity index (χ3n) is 2.27. The number of aromatic nitrogens is 1. The highest BCUT2D eigenvalue weighted by atomic mass is 16.5. The number of rotatable bonds is 7. The van der Waals surface area contributed by atoms with Gasteiger partial charge in [0.2, 0.25) is 5.91 Å². The number of amides is 1. The molecule has 0 bridgehead atoms. The Balaban J connectivity index is 2.46. The number of pyridine rings is 1. The zero-order chi connectivity index (χ0) is 13.4. The van der Waals surface area contributed by atoms with Crippen molar-refractivity contribution in [3.63, 3.8) is 0 Å². The molecule has 1 N–H and O–H groups in total. The number of carbonyl (C=O) groups excluding carboxylic acids is 1. The first-order valence-corrected chi connectivity index (χ1v) is 5.74. The maximum absolute atomic E-state index is 11.5. The molecule has 0 aromatic carbocycles. The van der Waals surface area contributed by atoms with Gasteiger partial charge in [-0.2, -0.15) is 0 Å². The summed E-state index contributed by atoms with van der Waals surface area (Å²) in [6.07, 6.45) is 1.61. The zero-order valence-corrected chi connectivity index (χ0v) is 10.6. The van der Waals surface area contributed by atoms with Gasteiger partial charge in [-0.1, -0.05) is 0 Å². The van der Waals surface area contributed by atoms with Gasteiger partial charge in [0, 0.05) is 25.9 Å². The van der Waals surface area contributed by atoms with E-state index in [4.69, 9.17) is 9.47 Å². The van der Waals surface area contributed by atoms with Crippen molar-refractivity contribution in [1.82, 2.24) is 4.57 Å². The standard InChI is InChI=1S/C12H18N2O4/c1-3-14-8-10(4-5-12(14)16)13-11(15)9-18-7-6-17-2/h4-5,8H,3,6-7,9H2,1-2H3,(H,13,15). The van der Waals surface area contributed by atoms with Crippen LogP contribution >= 0.6 is 0 Å².